The van der Waals surface area contributed by atoms with Gasteiger partial charge in [-0.2, -0.15) is 0 Å². The molecule has 0 heterocycles. The van der Waals surface area contributed by atoms with Crippen molar-refractivity contribution in [1.29, 1.82) is 0 Å². The van der Waals surface area contributed by atoms with Crippen LogP contribution in [0.5, 0.6) is 0 Å². The highest BCUT2D eigenvalue weighted by Crippen LogP contribution is 2.14. The van der Waals surface area contributed by atoms with E-state index in [2.05, 4.69) is 33.1 Å². The summed E-state index contributed by atoms with van der Waals surface area (Å²) in [5.41, 5.74) is 0. The van der Waals surface area contributed by atoms with Gasteiger partial charge in [-0.1, -0.05) is 78.6 Å². The fourth-order valence-corrected chi connectivity index (χ4v) is 2.65. The van der Waals surface area contributed by atoms with E-state index in [1.165, 1.54) is 70.6 Å². The van der Waals surface area contributed by atoms with E-state index in [0.29, 0.717) is 0 Å². The van der Waals surface area contributed by atoms with Crippen LogP contribution in [0.4, 0.5) is 0 Å². The highest BCUT2D eigenvalue weighted by atomic mass is 14.9. The third kappa shape index (κ3) is 12.4. The van der Waals surface area contributed by atoms with E-state index in [9.17, 15) is 0 Å². The van der Waals surface area contributed by atoms with E-state index in [4.69, 9.17) is 0 Å². The van der Waals surface area contributed by atoms with E-state index in [-0.39, 0.29) is 0 Å². The van der Waals surface area contributed by atoms with Crippen molar-refractivity contribution in [1.82, 2.24) is 5.32 Å². The summed E-state index contributed by atoms with van der Waals surface area (Å²) in [7, 11) is 2.11. The summed E-state index contributed by atoms with van der Waals surface area (Å²) in [6.07, 6.45) is 15.6. The van der Waals surface area contributed by atoms with Crippen molar-refractivity contribution in [2.75, 3.05) is 7.05 Å². The molecular formula is C17H37N. The van der Waals surface area contributed by atoms with Crippen LogP contribution in [0, 0.1) is 5.92 Å². The summed E-state index contributed by atoms with van der Waals surface area (Å²) in [5, 5.41) is 3.46. The molecule has 0 rings (SSSR count). The van der Waals surface area contributed by atoms with Gasteiger partial charge in [0, 0.05) is 6.04 Å². The van der Waals surface area contributed by atoms with Gasteiger partial charge in [-0.25, -0.2) is 0 Å². The molecule has 0 aromatic carbocycles. The molecule has 1 unspecified atom stereocenters. The minimum atomic E-state index is 0.745. The van der Waals surface area contributed by atoms with Crippen molar-refractivity contribution >= 4 is 0 Å². The summed E-state index contributed by atoms with van der Waals surface area (Å²) in [6.45, 7) is 6.93. The van der Waals surface area contributed by atoms with Crippen molar-refractivity contribution in [3.8, 4) is 0 Å². The second kappa shape index (κ2) is 13.4. The standard InChI is InChI=1S/C17H37N/c1-5-6-7-8-9-10-11-12-13-14-17(18-4)15-16(2)3/h16-18H,5-15H2,1-4H3. The lowest BCUT2D eigenvalue weighted by atomic mass is 9.98. The summed E-state index contributed by atoms with van der Waals surface area (Å²) in [4.78, 5) is 0. The highest BCUT2D eigenvalue weighted by molar-refractivity contribution is 4.66. The monoisotopic (exact) mass is 255 g/mol. The molecule has 0 aromatic rings. The predicted molar refractivity (Wildman–Crippen MR) is 84.1 cm³/mol. The molecule has 1 atom stereocenters. The van der Waals surface area contributed by atoms with Gasteiger partial charge in [0.2, 0.25) is 0 Å². The predicted octanol–water partition coefficient (Wildman–Crippen LogP) is 5.54. The second-order valence-electron chi connectivity index (χ2n) is 6.23. The van der Waals surface area contributed by atoms with E-state index >= 15 is 0 Å². The lowest BCUT2D eigenvalue weighted by molar-refractivity contribution is 0.405. The van der Waals surface area contributed by atoms with Gasteiger partial charge >= 0.3 is 0 Å². The second-order valence-corrected chi connectivity index (χ2v) is 6.23. The first-order valence-corrected chi connectivity index (χ1v) is 8.38. The number of unbranched alkanes of at least 4 members (excludes halogenated alkanes) is 8. The zero-order valence-corrected chi connectivity index (χ0v) is 13.4. The molecule has 0 saturated carbocycles. The zero-order chi connectivity index (χ0) is 13.6. The van der Waals surface area contributed by atoms with E-state index < -0.39 is 0 Å². The molecule has 0 aliphatic carbocycles. The van der Waals surface area contributed by atoms with E-state index in [1.54, 1.807) is 0 Å². The van der Waals surface area contributed by atoms with Crippen LogP contribution in [-0.4, -0.2) is 13.1 Å². The third-order valence-electron chi connectivity index (χ3n) is 3.82. The van der Waals surface area contributed by atoms with Crippen LogP contribution in [0.1, 0.15) is 91.4 Å². The Balaban J connectivity index is 3.23. The minimum Gasteiger partial charge on any atom is -0.317 e. The van der Waals surface area contributed by atoms with E-state index in [1.807, 2.05) is 0 Å². The summed E-state index contributed by atoms with van der Waals surface area (Å²) < 4.78 is 0. The fourth-order valence-electron chi connectivity index (χ4n) is 2.65. The minimum absolute atomic E-state index is 0.745. The lowest BCUT2D eigenvalue weighted by Gasteiger charge is -2.18. The lowest BCUT2D eigenvalue weighted by Crippen LogP contribution is -2.26. The van der Waals surface area contributed by atoms with Crippen LogP contribution in [0.25, 0.3) is 0 Å². The van der Waals surface area contributed by atoms with Crippen LogP contribution in [-0.2, 0) is 0 Å². The van der Waals surface area contributed by atoms with Crippen LogP contribution in [0.15, 0.2) is 0 Å². The molecule has 0 radical (unpaired) electrons. The van der Waals surface area contributed by atoms with Crippen LogP contribution in [0.2, 0.25) is 0 Å². The van der Waals surface area contributed by atoms with Crippen molar-refractivity contribution in [3.63, 3.8) is 0 Å². The molecule has 0 saturated heterocycles. The maximum Gasteiger partial charge on any atom is 0.00664 e. The molecule has 110 valence electrons. The first-order chi connectivity index (χ1) is 8.70. The summed E-state index contributed by atoms with van der Waals surface area (Å²) in [5.74, 6) is 0.820. The average molecular weight is 255 g/mol. The molecule has 0 bridgehead atoms. The quantitative estimate of drug-likeness (QED) is 0.426. The van der Waals surface area contributed by atoms with Gasteiger partial charge < -0.3 is 5.32 Å². The van der Waals surface area contributed by atoms with Gasteiger partial charge in [0.1, 0.15) is 0 Å². The largest absolute Gasteiger partial charge is 0.317 e. The summed E-state index contributed by atoms with van der Waals surface area (Å²) in [6, 6.07) is 0.745. The molecule has 0 fully saturated rings. The molecule has 18 heavy (non-hydrogen) atoms. The smallest absolute Gasteiger partial charge is 0.00664 e. The van der Waals surface area contributed by atoms with Crippen molar-refractivity contribution < 1.29 is 0 Å². The summed E-state index contributed by atoms with van der Waals surface area (Å²) >= 11 is 0. The Bertz CT molecular complexity index is 154. The van der Waals surface area contributed by atoms with Crippen LogP contribution < -0.4 is 5.32 Å². The van der Waals surface area contributed by atoms with Gasteiger partial charge in [0.05, 0.1) is 0 Å². The van der Waals surface area contributed by atoms with Gasteiger partial charge in [-0.05, 0) is 25.8 Å². The maximum absolute atomic E-state index is 3.46. The Labute approximate surface area is 116 Å². The van der Waals surface area contributed by atoms with Gasteiger partial charge in [-0.15, -0.1) is 0 Å². The van der Waals surface area contributed by atoms with Gasteiger partial charge in [-0.3, -0.25) is 0 Å². The zero-order valence-electron chi connectivity index (χ0n) is 13.4. The van der Waals surface area contributed by atoms with Gasteiger partial charge in [0.25, 0.3) is 0 Å². The van der Waals surface area contributed by atoms with E-state index in [0.717, 1.165) is 12.0 Å². The van der Waals surface area contributed by atoms with Crippen molar-refractivity contribution in [2.24, 2.45) is 5.92 Å². The Hall–Kier alpha value is -0.0400. The fraction of sp³-hybridized carbons (Fsp3) is 1.00. The number of hydrogen-bond acceptors (Lipinski definition) is 1. The first kappa shape index (κ1) is 18.0. The van der Waals surface area contributed by atoms with Crippen LogP contribution in [0.3, 0.4) is 0 Å². The topological polar surface area (TPSA) is 12.0 Å². The Kier molecular flexibility index (Phi) is 13.4. The molecule has 0 spiro atoms. The molecule has 1 nitrogen and oxygen atoms in total. The van der Waals surface area contributed by atoms with Gasteiger partial charge in [0.15, 0.2) is 0 Å². The molecule has 0 aliphatic rings. The number of rotatable bonds is 13. The maximum atomic E-state index is 3.46. The molecule has 0 aromatic heterocycles. The molecule has 0 aliphatic heterocycles. The Morgan fingerprint density at radius 2 is 1.28 bits per heavy atom. The average Bonchev–Trinajstić information content (AvgIpc) is 2.35. The Morgan fingerprint density at radius 3 is 1.72 bits per heavy atom. The highest BCUT2D eigenvalue weighted by Gasteiger charge is 2.07. The number of hydrogen-bond donors (Lipinski definition) is 1. The SMILES string of the molecule is CCCCCCCCCCCC(CC(C)C)NC. The van der Waals surface area contributed by atoms with Crippen LogP contribution >= 0.6 is 0 Å². The molecule has 1 heteroatoms. The number of nitrogens with one attached hydrogen (secondary N) is 1. The Morgan fingerprint density at radius 1 is 0.778 bits per heavy atom. The normalized spacial score (nSPS) is 13.2. The first-order valence-electron chi connectivity index (χ1n) is 8.38. The molecule has 0 amide bonds. The van der Waals surface area contributed by atoms with Crippen molar-refractivity contribution in [2.45, 2.75) is 97.4 Å². The third-order valence-corrected chi connectivity index (χ3v) is 3.82. The molecular weight excluding hydrogens is 218 g/mol. The van der Waals surface area contributed by atoms with Crippen molar-refractivity contribution in [3.05, 3.63) is 0 Å². The molecule has 1 N–H and O–H groups in total.